The maximum absolute atomic E-state index is 10.1. The molecule has 3 nitrogen and oxygen atoms in total. The molecule has 1 N–H and O–H groups in total. The highest BCUT2D eigenvalue weighted by molar-refractivity contribution is 6.31. The lowest BCUT2D eigenvalue weighted by molar-refractivity contribution is 0.474. The van der Waals surface area contributed by atoms with Gasteiger partial charge in [-0.2, -0.15) is 0 Å². The van der Waals surface area contributed by atoms with Crippen LogP contribution in [0.15, 0.2) is 58.5 Å². The van der Waals surface area contributed by atoms with Gasteiger partial charge in [0.15, 0.2) is 0 Å². The molecule has 0 saturated heterocycles. The van der Waals surface area contributed by atoms with E-state index in [-0.39, 0.29) is 11.8 Å². The van der Waals surface area contributed by atoms with Gasteiger partial charge in [-0.15, -0.1) is 0 Å². The summed E-state index contributed by atoms with van der Waals surface area (Å²) in [6.07, 6.45) is 0.586. The molecule has 0 radical (unpaired) electrons. The highest BCUT2D eigenvalue weighted by Gasteiger charge is 2.18. The number of hydrogen-bond acceptors (Lipinski definition) is 3. The maximum atomic E-state index is 10.1. The van der Waals surface area contributed by atoms with Crippen LogP contribution in [0.25, 0.3) is 0 Å². The number of aliphatic imine (C=N–C) groups is 2. The van der Waals surface area contributed by atoms with E-state index in [0.29, 0.717) is 23.6 Å². The summed E-state index contributed by atoms with van der Waals surface area (Å²) < 4.78 is 0. The highest BCUT2D eigenvalue weighted by Crippen LogP contribution is 2.25. The van der Waals surface area contributed by atoms with Crippen LogP contribution in [0, 0.1) is 0 Å². The molecule has 4 heteroatoms. The standard InChI is InChI=1S/C18H17ClN2O/c1-12-11-20-16(13-5-3-2-4-6-13)10-17(21-12)15-9-14(19)7-8-18(15)22/h2-9,12,22H,10-11H2,1H3/t12-/m0/s1. The fourth-order valence-electron chi connectivity index (χ4n) is 2.54. The van der Waals surface area contributed by atoms with E-state index in [9.17, 15) is 5.11 Å². The molecule has 1 atom stereocenters. The summed E-state index contributed by atoms with van der Waals surface area (Å²) in [6.45, 7) is 2.67. The van der Waals surface area contributed by atoms with Crippen LogP contribution >= 0.6 is 11.6 Å². The van der Waals surface area contributed by atoms with Gasteiger partial charge in [-0.05, 0) is 30.7 Å². The maximum Gasteiger partial charge on any atom is 0.124 e. The molecule has 0 saturated carbocycles. The SMILES string of the molecule is C[C@H]1CN=C(c2ccccc2)CC(c2cc(Cl)ccc2O)=N1. The molecule has 0 bridgehead atoms. The minimum absolute atomic E-state index is 0.0783. The van der Waals surface area contributed by atoms with E-state index in [2.05, 4.69) is 4.99 Å². The molecule has 0 fully saturated rings. The number of rotatable bonds is 2. The summed E-state index contributed by atoms with van der Waals surface area (Å²) in [5.74, 6) is 0.199. The lowest BCUT2D eigenvalue weighted by Gasteiger charge is -2.10. The Morgan fingerprint density at radius 1 is 1.09 bits per heavy atom. The van der Waals surface area contributed by atoms with Gasteiger partial charge in [0.05, 0.1) is 18.3 Å². The van der Waals surface area contributed by atoms with E-state index >= 15 is 0 Å². The van der Waals surface area contributed by atoms with Crippen LogP contribution in [0.5, 0.6) is 5.75 Å². The normalized spacial score (nSPS) is 18.4. The first-order valence-corrected chi connectivity index (χ1v) is 7.65. The molecule has 3 rings (SSSR count). The van der Waals surface area contributed by atoms with Crippen LogP contribution in [-0.4, -0.2) is 29.1 Å². The molecule has 1 heterocycles. The van der Waals surface area contributed by atoms with Gasteiger partial charge in [0.25, 0.3) is 0 Å². The molecule has 2 aromatic rings. The molecule has 0 aliphatic carbocycles. The zero-order valence-corrected chi connectivity index (χ0v) is 13.1. The Morgan fingerprint density at radius 2 is 1.86 bits per heavy atom. The predicted octanol–water partition coefficient (Wildman–Crippen LogP) is 4.12. The van der Waals surface area contributed by atoms with E-state index in [1.165, 1.54) is 0 Å². The molecule has 112 valence electrons. The average molecular weight is 313 g/mol. The molecular weight excluding hydrogens is 296 g/mol. The lowest BCUT2D eigenvalue weighted by Crippen LogP contribution is -2.10. The van der Waals surface area contributed by atoms with Crippen LogP contribution in [-0.2, 0) is 0 Å². The molecule has 1 aliphatic rings. The molecule has 1 aliphatic heterocycles. The quantitative estimate of drug-likeness (QED) is 0.891. The molecular formula is C18H17ClN2O. The van der Waals surface area contributed by atoms with Crippen LogP contribution in [0.3, 0.4) is 0 Å². The Kier molecular flexibility index (Phi) is 4.25. The van der Waals surface area contributed by atoms with Crippen molar-refractivity contribution in [3.63, 3.8) is 0 Å². The second kappa shape index (κ2) is 6.32. The molecule has 0 amide bonds. The Morgan fingerprint density at radius 3 is 2.64 bits per heavy atom. The average Bonchev–Trinajstić information content (AvgIpc) is 2.72. The number of nitrogens with zero attached hydrogens (tertiary/aromatic N) is 2. The van der Waals surface area contributed by atoms with Crippen LogP contribution in [0.1, 0.15) is 24.5 Å². The first kappa shape index (κ1) is 14.8. The van der Waals surface area contributed by atoms with Gasteiger partial charge in [-0.3, -0.25) is 9.98 Å². The minimum Gasteiger partial charge on any atom is -0.507 e. The van der Waals surface area contributed by atoms with E-state index in [1.54, 1.807) is 18.2 Å². The van der Waals surface area contributed by atoms with E-state index in [0.717, 1.165) is 17.0 Å². The summed E-state index contributed by atoms with van der Waals surface area (Å²) in [5.41, 5.74) is 3.59. The minimum atomic E-state index is 0.0783. The van der Waals surface area contributed by atoms with Gasteiger partial charge in [0.1, 0.15) is 5.75 Å². The second-order valence-electron chi connectivity index (χ2n) is 5.42. The Balaban J connectivity index is 2.01. The number of hydrogen-bond donors (Lipinski definition) is 1. The third-order valence-corrected chi connectivity index (χ3v) is 3.87. The first-order chi connectivity index (χ1) is 10.6. The van der Waals surface area contributed by atoms with Gasteiger partial charge in [0.2, 0.25) is 0 Å². The lowest BCUT2D eigenvalue weighted by atomic mass is 9.99. The van der Waals surface area contributed by atoms with Crippen molar-refractivity contribution in [1.29, 1.82) is 0 Å². The van der Waals surface area contributed by atoms with Crippen molar-refractivity contribution >= 4 is 23.0 Å². The number of phenolic OH excluding ortho intramolecular Hbond substituents is 1. The fourth-order valence-corrected chi connectivity index (χ4v) is 2.71. The molecule has 0 aromatic heterocycles. The van der Waals surface area contributed by atoms with Crippen LogP contribution < -0.4 is 0 Å². The Bertz CT molecular complexity index is 738. The third kappa shape index (κ3) is 3.20. The largest absolute Gasteiger partial charge is 0.507 e. The number of benzene rings is 2. The van der Waals surface area contributed by atoms with Crippen molar-refractivity contribution in [3.8, 4) is 5.75 Å². The summed E-state index contributed by atoms with van der Waals surface area (Å²) in [4.78, 5) is 9.40. The van der Waals surface area contributed by atoms with Gasteiger partial charge in [-0.1, -0.05) is 41.9 Å². The van der Waals surface area contributed by atoms with E-state index < -0.39 is 0 Å². The topological polar surface area (TPSA) is 45.0 Å². The molecule has 0 unspecified atom stereocenters. The van der Waals surface area contributed by atoms with Crippen molar-refractivity contribution in [2.75, 3.05) is 6.54 Å². The second-order valence-corrected chi connectivity index (χ2v) is 5.85. The van der Waals surface area contributed by atoms with Crippen molar-refractivity contribution in [1.82, 2.24) is 0 Å². The summed E-state index contributed by atoms with van der Waals surface area (Å²) in [5, 5.41) is 10.7. The van der Waals surface area contributed by atoms with Gasteiger partial charge in [-0.25, -0.2) is 0 Å². The number of halogens is 1. The smallest absolute Gasteiger partial charge is 0.124 e. The van der Waals surface area contributed by atoms with E-state index in [4.69, 9.17) is 16.6 Å². The fraction of sp³-hybridized carbons (Fsp3) is 0.222. The molecule has 2 aromatic carbocycles. The van der Waals surface area contributed by atoms with Crippen molar-refractivity contribution in [2.45, 2.75) is 19.4 Å². The van der Waals surface area contributed by atoms with Crippen LogP contribution in [0.2, 0.25) is 5.02 Å². The summed E-state index contributed by atoms with van der Waals surface area (Å²) in [7, 11) is 0. The van der Waals surface area contributed by atoms with Crippen LogP contribution in [0.4, 0.5) is 0 Å². The van der Waals surface area contributed by atoms with E-state index in [1.807, 2.05) is 37.3 Å². The Labute approximate surface area is 135 Å². The third-order valence-electron chi connectivity index (χ3n) is 3.63. The molecule has 22 heavy (non-hydrogen) atoms. The van der Waals surface area contributed by atoms with Gasteiger partial charge in [0, 0.05) is 22.7 Å². The number of aromatic hydroxyl groups is 1. The summed E-state index contributed by atoms with van der Waals surface area (Å²) in [6, 6.07) is 15.2. The Hall–Kier alpha value is -2.13. The van der Waals surface area contributed by atoms with Gasteiger partial charge < -0.3 is 5.11 Å². The van der Waals surface area contributed by atoms with Gasteiger partial charge >= 0.3 is 0 Å². The monoisotopic (exact) mass is 312 g/mol. The van der Waals surface area contributed by atoms with Crippen molar-refractivity contribution in [2.24, 2.45) is 9.98 Å². The zero-order chi connectivity index (χ0) is 15.5. The molecule has 0 spiro atoms. The van der Waals surface area contributed by atoms with Crippen molar-refractivity contribution < 1.29 is 5.11 Å². The highest BCUT2D eigenvalue weighted by atomic mass is 35.5. The predicted molar refractivity (Wildman–Crippen MR) is 91.6 cm³/mol. The summed E-state index contributed by atoms with van der Waals surface area (Å²) >= 11 is 6.07. The van der Waals surface area contributed by atoms with Crippen molar-refractivity contribution in [3.05, 3.63) is 64.7 Å². The zero-order valence-electron chi connectivity index (χ0n) is 12.3. The number of phenols is 1. The first-order valence-electron chi connectivity index (χ1n) is 7.28.